The highest BCUT2D eigenvalue weighted by molar-refractivity contribution is 5.75. The third kappa shape index (κ3) is 13.8. The zero-order chi connectivity index (χ0) is 36.3. The molecular formula is C33H54N4O12. The number of carbonyl (C=O) groups is 4. The molecular weight excluding hydrogens is 644 g/mol. The molecule has 1 aliphatic rings. The van der Waals surface area contributed by atoms with Crippen LogP contribution in [0, 0.1) is 0 Å². The number of benzene rings is 1. The molecule has 0 spiro atoms. The highest BCUT2D eigenvalue weighted by Crippen LogP contribution is 2.18. The van der Waals surface area contributed by atoms with Crippen LogP contribution in [0.25, 0.3) is 0 Å². The molecule has 278 valence electrons. The van der Waals surface area contributed by atoms with Gasteiger partial charge in [0.05, 0.1) is 26.4 Å². The van der Waals surface area contributed by atoms with E-state index in [0.717, 1.165) is 30.6 Å². The third-order valence-corrected chi connectivity index (χ3v) is 9.00. The van der Waals surface area contributed by atoms with Gasteiger partial charge in [0.1, 0.15) is 29.9 Å². The molecule has 1 aliphatic heterocycles. The Hall–Kier alpha value is -3.38. The van der Waals surface area contributed by atoms with Crippen molar-refractivity contribution in [3.8, 4) is 5.75 Å². The fourth-order valence-corrected chi connectivity index (χ4v) is 5.99. The molecule has 0 saturated carbocycles. The SMILES string of the molecule is CCCCOc1ccc(CCCC[C@@H](C(=O)O)N2CCN([C@@H](CO)C(=O)O)CCN([C@@H](CO)C(=O)O)CCN([C@@H](CO)C(=O)O)CC2)cc1. The van der Waals surface area contributed by atoms with Crippen LogP contribution >= 0.6 is 0 Å². The number of aliphatic carboxylic acids is 4. The summed E-state index contributed by atoms with van der Waals surface area (Å²) in [6, 6.07) is 2.74. The highest BCUT2D eigenvalue weighted by atomic mass is 16.5. The van der Waals surface area contributed by atoms with E-state index in [1.54, 1.807) is 4.90 Å². The number of hydrogen-bond donors (Lipinski definition) is 7. The van der Waals surface area contributed by atoms with Crippen LogP contribution in [0.4, 0.5) is 0 Å². The minimum Gasteiger partial charge on any atom is -0.494 e. The van der Waals surface area contributed by atoms with Crippen molar-refractivity contribution in [1.29, 1.82) is 0 Å². The Kier molecular flexibility index (Phi) is 19.1. The molecule has 16 heteroatoms. The van der Waals surface area contributed by atoms with Gasteiger partial charge in [0.2, 0.25) is 0 Å². The van der Waals surface area contributed by atoms with Gasteiger partial charge in [-0.15, -0.1) is 0 Å². The summed E-state index contributed by atoms with van der Waals surface area (Å²) in [7, 11) is 0. The number of hydrogen-bond acceptors (Lipinski definition) is 12. The number of ether oxygens (including phenoxy) is 1. The molecule has 0 bridgehead atoms. The van der Waals surface area contributed by atoms with Crippen LogP contribution < -0.4 is 4.74 Å². The maximum absolute atomic E-state index is 12.6. The van der Waals surface area contributed by atoms with Crippen LogP contribution in [-0.2, 0) is 25.6 Å². The monoisotopic (exact) mass is 698 g/mol. The molecule has 1 aromatic carbocycles. The van der Waals surface area contributed by atoms with Gasteiger partial charge in [-0.05, 0) is 43.4 Å². The average Bonchev–Trinajstić information content (AvgIpc) is 3.05. The van der Waals surface area contributed by atoms with Gasteiger partial charge in [-0.2, -0.15) is 0 Å². The normalized spacial score (nSPS) is 18.8. The van der Waals surface area contributed by atoms with Crippen molar-refractivity contribution in [3.63, 3.8) is 0 Å². The molecule has 0 aliphatic carbocycles. The minimum absolute atomic E-state index is 0.00104. The van der Waals surface area contributed by atoms with E-state index in [1.807, 2.05) is 24.3 Å². The predicted octanol–water partition coefficient (Wildman–Crippen LogP) is -0.410. The Morgan fingerprint density at radius 2 is 0.959 bits per heavy atom. The number of unbranched alkanes of at least 4 members (excludes halogenated alkanes) is 2. The Labute approximate surface area is 287 Å². The molecule has 0 aromatic heterocycles. The van der Waals surface area contributed by atoms with Crippen LogP contribution in [-0.4, -0.2) is 182 Å². The predicted molar refractivity (Wildman–Crippen MR) is 178 cm³/mol. The largest absolute Gasteiger partial charge is 0.494 e. The summed E-state index contributed by atoms with van der Waals surface area (Å²) in [6.07, 6.45) is 4.26. The molecule has 7 N–H and O–H groups in total. The van der Waals surface area contributed by atoms with Gasteiger partial charge in [-0.1, -0.05) is 31.9 Å². The van der Waals surface area contributed by atoms with Crippen LogP contribution in [0.3, 0.4) is 0 Å². The standard InChI is InChI=1S/C33H54N4O12/c1-2-3-20-49-25-10-8-24(9-11-25)6-4-5-7-26(30(41)42)34-12-14-35(27(21-38)31(43)44)16-18-37(29(23-40)33(47)48)19-17-36(15-13-34)28(22-39)32(45)46/h8-11,26-29,38-40H,2-7,12-23H2,1H3,(H,41,42)(H,43,44)(H,45,46)(H,47,48)/t26-,27-,28-,29-/m0/s1. The van der Waals surface area contributed by atoms with E-state index in [-0.39, 0.29) is 58.8 Å². The van der Waals surface area contributed by atoms with Gasteiger partial charge in [0.25, 0.3) is 0 Å². The number of nitrogens with zero attached hydrogens (tertiary/aromatic N) is 4. The van der Waals surface area contributed by atoms with Crippen molar-refractivity contribution in [2.75, 3.05) is 78.8 Å². The van der Waals surface area contributed by atoms with E-state index in [0.29, 0.717) is 19.4 Å². The maximum atomic E-state index is 12.6. The highest BCUT2D eigenvalue weighted by Gasteiger charge is 2.34. The molecule has 1 fully saturated rings. The van der Waals surface area contributed by atoms with Crippen LogP contribution in [0.5, 0.6) is 5.75 Å². The van der Waals surface area contributed by atoms with E-state index in [2.05, 4.69) is 6.92 Å². The number of carboxylic acids is 4. The van der Waals surface area contributed by atoms with Crippen molar-refractivity contribution in [3.05, 3.63) is 29.8 Å². The van der Waals surface area contributed by atoms with E-state index in [9.17, 15) is 54.9 Å². The Balaban J connectivity index is 2.28. The first kappa shape index (κ1) is 41.8. The van der Waals surface area contributed by atoms with Crippen LogP contribution in [0.15, 0.2) is 24.3 Å². The number of aliphatic hydroxyl groups is 3. The third-order valence-electron chi connectivity index (χ3n) is 9.00. The Morgan fingerprint density at radius 3 is 1.29 bits per heavy atom. The van der Waals surface area contributed by atoms with E-state index in [4.69, 9.17) is 4.74 Å². The lowest BCUT2D eigenvalue weighted by molar-refractivity contribution is -0.149. The zero-order valence-electron chi connectivity index (χ0n) is 28.3. The van der Waals surface area contributed by atoms with Crippen molar-refractivity contribution in [2.45, 2.75) is 69.6 Å². The summed E-state index contributed by atoms with van der Waals surface area (Å²) in [6.45, 7) is 0.410. The van der Waals surface area contributed by atoms with Crippen molar-refractivity contribution in [1.82, 2.24) is 19.6 Å². The van der Waals surface area contributed by atoms with Gasteiger partial charge in [-0.25, -0.2) is 0 Å². The molecule has 1 saturated heterocycles. The Bertz CT molecular complexity index is 1120. The number of aryl methyl sites for hydroxylation is 1. The topological polar surface area (TPSA) is 232 Å². The first-order chi connectivity index (χ1) is 23.5. The minimum atomic E-state index is -1.37. The summed E-state index contributed by atoms with van der Waals surface area (Å²) in [5.74, 6) is -4.24. The van der Waals surface area contributed by atoms with Crippen molar-refractivity contribution >= 4 is 23.9 Å². The number of carboxylic acid groups (broad SMARTS) is 4. The Morgan fingerprint density at radius 1 is 0.592 bits per heavy atom. The zero-order valence-corrected chi connectivity index (χ0v) is 28.3. The van der Waals surface area contributed by atoms with Crippen molar-refractivity contribution < 1.29 is 59.7 Å². The van der Waals surface area contributed by atoms with Gasteiger partial charge >= 0.3 is 23.9 Å². The molecule has 1 heterocycles. The fourth-order valence-electron chi connectivity index (χ4n) is 5.99. The van der Waals surface area contributed by atoms with Gasteiger partial charge in [0.15, 0.2) is 0 Å². The smallest absolute Gasteiger partial charge is 0.323 e. The van der Waals surface area contributed by atoms with Crippen molar-refractivity contribution in [2.24, 2.45) is 0 Å². The molecule has 49 heavy (non-hydrogen) atoms. The van der Waals surface area contributed by atoms with Gasteiger partial charge in [-0.3, -0.25) is 38.8 Å². The molecule has 4 atom stereocenters. The molecule has 2 rings (SSSR count). The molecule has 16 nitrogen and oxygen atoms in total. The maximum Gasteiger partial charge on any atom is 0.323 e. The second-order valence-electron chi connectivity index (χ2n) is 12.2. The van der Waals surface area contributed by atoms with E-state index < -0.39 is 67.9 Å². The first-order valence-corrected chi connectivity index (χ1v) is 16.9. The molecule has 1 aromatic rings. The number of rotatable bonds is 20. The lowest BCUT2D eigenvalue weighted by Crippen LogP contribution is -2.57. The lowest BCUT2D eigenvalue weighted by atomic mass is 10.0. The van der Waals surface area contributed by atoms with Crippen LogP contribution in [0.2, 0.25) is 0 Å². The summed E-state index contributed by atoms with van der Waals surface area (Å²) >= 11 is 0. The summed E-state index contributed by atoms with van der Waals surface area (Å²) in [5, 5.41) is 69.3. The average molecular weight is 699 g/mol. The fraction of sp³-hybridized carbons (Fsp3) is 0.697. The molecule has 0 radical (unpaired) electrons. The van der Waals surface area contributed by atoms with Gasteiger partial charge < -0.3 is 40.5 Å². The quantitative estimate of drug-likeness (QED) is 0.0858. The summed E-state index contributed by atoms with van der Waals surface area (Å²) in [5.41, 5.74) is 1.08. The van der Waals surface area contributed by atoms with E-state index in [1.165, 1.54) is 14.7 Å². The molecule has 0 amide bonds. The van der Waals surface area contributed by atoms with E-state index >= 15 is 0 Å². The first-order valence-electron chi connectivity index (χ1n) is 16.9. The second kappa shape index (κ2) is 22.4. The summed E-state index contributed by atoms with van der Waals surface area (Å²) in [4.78, 5) is 54.6. The molecule has 0 unspecified atom stereocenters. The number of aliphatic hydroxyl groups excluding tert-OH is 3. The summed E-state index contributed by atoms with van der Waals surface area (Å²) < 4.78 is 5.71. The van der Waals surface area contributed by atoms with Crippen LogP contribution in [0.1, 0.15) is 44.6 Å². The second-order valence-corrected chi connectivity index (χ2v) is 12.2. The lowest BCUT2D eigenvalue weighted by Gasteiger charge is -2.39. The van der Waals surface area contributed by atoms with Gasteiger partial charge in [0, 0.05) is 52.4 Å².